The number of hydrogen-bond donors (Lipinski definition) is 1. The van der Waals surface area contributed by atoms with Crippen LogP contribution in [-0.4, -0.2) is 31.9 Å². The molecule has 0 bridgehead atoms. The van der Waals surface area contributed by atoms with Gasteiger partial charge in [0.2, 0.25) is 5.91 Å². The molecule has 8 heteroatoms. The normalized spacial score (nSPS) is 10.5. The summed E-state index contributed by atoms with van der Waals surface area (Å²) >= 11 is 0. The molecule has 1 heterocycles. The molecule has 146 valence electrons. The Balaban J connectivity index is 1.51. The lowest BCUT2D eigenvalue weighted by molar-refractivity contribution is -0.121. The quantitative estimate of drug-likeness (QED) is 0.636. The summed E-state index contributed by atoms with van der Waals surface area (Å²) in [5.74, 6) is 0.952. The average Bonchev–Trinajstić information content (AvgIpc) is 3.17. The minimum absolute atomic E-state index is 0.0968. The van der Waals surface area contributed by atoms with Gasteiger partial charge in [-0.3, -0.25) is 4.79 Å². The van der Waals surface area contributed by atoms with Crippen LogP contribution in [0.4, 0.5) is 10.1 Å². The fourth-order valence-electron chi connectivity index (χ4n) is 2.46. The van der Waals surface area contributed by atoms with Gasteiger partial charge in [0.1, 0.15) is 29.6 Å². The molecule has 0 fully saturated rings. The van der Waals surface area contributed by atoms with Crippen LogP contribution >= 0.6 is 0 Å². The summed E-state index contributed by atoms with van der Waals surface area (Å²) in [5, 5.41) is 6.59. The summed E-state index contributed by atoms with van der Waals surface area (Å²) < 4.78 is 33.9. The molecule has 7 nitrogen and oxygen atoms in total. The van der Waals surface area contributed by atoms with Gasteiger partial charge >= 0.3 is 0 Å². The van der Waals surface area contributed by atoms with E-state index in [-0.39, 0.29) is 24.9 Å². The Hall–Kier alpha value is -3.39. The molecule has 1 aromatic heterocycles. The lowest BCUT2D eigenvalue weighted by Crippen LogP contribution is -2.18. The number of anilines is 1. The van der Waals surface area contributed by atoms with E-state index in [1.807, 2.05) is 0 Å². The van der Waals surface area contributed by atoms with Crippen molar-refractivity contribution in [1.82, 2.24) is 5.16 Å². The van der Waals surface area contributed by atoms with Crippen molar-refractivity contribution in [2.45, 2.75) is 6.61 Å². The maximum atomic E-state index is 13.0. The SMILES string of the molecule is COc1cc(NC(=O)COCc2cc(-c3ccc(F)cc3)on2)cc(OC)c1. The highest BCUT2D eigenvalue weighted by atomic mass is 19.1. The van der Waals surface area contributed by atoms with Crippen molar-refractivity contribution in [2.24, 2.45) is 0 Å². The van der Waals surface area contributed by atoms with Gasteiger partial charge in [0, 0.05) is 35.5 Å². The van der Waals surface area contributed by atoms with Crippen LogP contribution < -0.4 is 14.8 Å². The Labute approximate surface area is 161 Å². The van der Waals surface area contributed by atoms with Crippen LogP contribution in [0.3, 0.4) is 0 Å². The Kier molecular flexibility index (Phi) is 6.23. The zero-order valence-corrected chi connectivity index (χ0v) is 15.4. The minimum atomic E-state index is -0.336. The molecule has 3 rings (SSSR count). The van der Waals surface area contributed by atoms with Crippen LogP contribution in [0.15, 0.2) is 53.1 Å². The first-order chi connectivity index (χ1) is 13.6. The number of methoxy groups -OCH3 is 2. The highest BCUT2D eigenvalue weighted by Crippen LogP contribution is 2.25. The van der Waals surface area contributed by atoms with Crippen molar-refractivity contribution in [1.29, 1.82) is 0 Å². The molecule has 1 amide bonds. The fourth-order valence-corrected chi connectivity index (χ4v) is 2.46. The van der Waals surface area contributed by atoms with Gasteiger partial charge in [-0.1, -0.05) is 5.16 Å². The number of benzene rings is 2. The van der Waals surface area contributed by atoms with Crippen molar-refractivity contribution in [3.05, 3.63) is 60.0 Å². The minimum Gasteiger partial charge on any atom is -0.497 e. The van der Waals surface area contributed by atoms with Crippen molar-refractivity contribution >= 4 is 11.6 Å². The van der Waals surface area contributed by atoms with Crippen molar-refractivity contribution in [3.63, 3.8) is 0 Å². The Morgan fingerprint density at radius 1 is 1.07 bits per heavy atom. The molecule has 0 unspecified atom stereocenters. The molecule has 0 spiro atoms. The topological polar surface area (TPSA) is 82.8 Å². The van der Waals surface area contributed by atoms with E-state index in [1.54, 1.807) is 36.4 Å². The largest absolute Gasteiger partial charge is 0.497 e. The molecule has 2 aromatic carbocycles. The van der Waals surface area contributed by atoms with Crippen molar-refractivity contribution in [3.8, 4) is 22.8 Å². The summed E-state index contributed by atoms with van der Waals surface area (Å²) in [4.78, 5) is 12.1. The van der Waals surface area contributed by atoms with Gasteiger partial charge in [-0.15, -0.1) is 0 Å². The van der Waals surface area contributed by atoms with E-state index < -0.39 is 0 Å². The van der Waals surface area contributed by atoms with E-state index >= 15 is 0 Å². The number of halogens is 1. The smallest absolute Gasteiger partial charge is 0.250 e. The Morgan fingerprint density at radius 2 is 1.75 bits per heavy atom. The monoisotopic (exact) mass is 386 g/mol. The maximum absolute atomic E-state index is 13.0. The van der Waals surface area contributed by atoms with Crippen LogP contribution in [0.1, 0.15) is 5.69 Å². The van der Waals surface area contributed by atoms with Gasteiger partial charge < -0.3 is 24.1 Å². The van der Waals surface area contributed by atoms with Crippen LogP contribution in [0.5, 0.6) is 11.5 Å². The molecule has 0 atom stereocenters. The van der Waals surface area contributed by atoms with Crippen molar-refractivity contribution in [2.75, 3.05) is 26.1 Å². The predicted octanol–water partition coefficient (Wildman–Crippen LogP) is 3.65. The summed E-state index contributed by atoms with van der Waals surface area (Å²) in [6.07, 6.45) is 0. The van der Waals surface area contributed by atoms with Crippen LogP contribution in [0, 0.1) is 5.82 Å². The predicted molar refractivity (Wildman–Crippen MR) is 99.7 cm³/mol. The molecule has 0 aliphatic heterocycles. The molecular formula is C20H19FN2O5. The molecule has 0 saturated carbocycles. The van der Waals surface area contributed by atoms with E-state index in [0.29, 0.717) is 34.2 Å². The van der Waals surface area contributed by atoms with E-state index in [2.05, 4.69) is 10.5 Å². The second kappa shape index (κ2) is 9.01. The Morgan fingerprint density at radius 3 is 2.39 bits per heavy atom. The summed E-state index contributed by atoms with van der Waals surface area (Å²) in [7, 11) is 3.06. The number of ether oxygens (including phenoxy) is 3. The standard InChI is InChI=1S/C20H19FN2O5/c1-25-17-7-15(8-18(10-17)26-2)22-20(24)12-27-11-16-9-19(28-23-16)13-3-5-14(21)6-4-13/h3-10H,11-12H2,1-2H3,(H,22,24). The third-order valence-electron chi connectivity index (χ3n) is 3.81. The number of carbonyl (C=O) groups is 1. The Bertz CT molecular complexity index is 918. The summed E-state index contributed by atoms with van der Waals surface area (Å²) in [5.41, 5.74) is 1.75. The number of amides is 1. The first-order valence-electron chi connectivity index (χ1n) is 8.39. The molecule has 1 N–H and O–H groups in total. The fraction of sp³-hybridized carbons (Fsp3) is 0.200. The van der Waals surface area contributed by atoms with Gasteiger partial charge in [0.25, 0.3) is 0 Å². The second-order valence-corrected chi connectivity index (χ2v) is 5.83. The highest BCUT2D eigenvalue weighted by molar-refractivity contribution is 5.92. The molecule has 0 saturated heterocycles. The second-order valence-electron chi connectivity index (χ2n) is 5.83. The van der Waals surface area contributed by atoms with Gasteiger partial charge in [-0.2, -0.15) is 0 Å². The van der Waals surface area contributed by atoms with Gasteiger partial charge in [-0.25, -0.2) is 4.39 Å². The molecule has 0 radical (unpaired) electrons. The number of aromatic nitrogens is 1. The third-order valence-corrected chi connectivity index (χ3v) is 3.81. The number of hydrogen-bond acceptors (Lipinski definition) is 6. The summed E-state index contributed by atoms with van der Waals surface area (Å²) in [6.45, 7) is -0.0716. The van der Waals surface area contributed by atoms with E-state index in [1.165, 1.54) is 26.4 Å². The van der Waals surface area contributed by atoms with Crippen LogP contribution in [-0.2, 0) is 16.1 Å². The van der Waals surface area contributed by atoms with Gasteiger partial charge in [-0.05, 0) is 24.3 Å². The molecular weight excluding hydrogens is 367 g/mol. The maximum Gasteiger partial charge on any atom is 0.250 e. The highest BCUT2D eigenvalue weighted by Gasteiger charge is 2.10. The molecule has 28 heavy (non-hydrogen) atoms. The van der Waals surface area contributed by atoms with Crippen LogP contribution in [0.2, 0.25) is 0 Å². The lowest BCUT2D eigenvalue weighted by atomic mass is 10.1. The van der Waals surface area contributed by atoms with E-state index in [0.717, 1.165) is 0 Å². The number of carbonyl (C=O) groups excluding carboxylic acids is 1. The third kappa shape index (κ3) is 5.08. The lowest BCUT2D eigenvalue weighted by Gasteiger charge is -2.09. The zero-order valence-electron chi connectivity index (χ0n) is 15.4. The molecule has 3 aromatic rings. The number of nitrogens with one attached hydrogen (secondary N) is 1. The molecule has 0 aliphatic carbocycles. The summed E-state index contributed by atoms with van der Waals surface area (Å²) in [6, 6.07) is 12.6. The number of nitrogens with zero attached hydrogens (tertiary/aromatic N) is 1. The zero-order chi connectivity index (χ0) is 19.9. The van der Waals surface area contributed by atoms with Crippen LogP contribution in [0.25, 0.3) is 11.3 Å². The first kappa shape index (κ1) is 19.4. The van der Waals surface area contributed by atoms with Crippen molar-refractivity contribution < 1.29 is 27.9 Å². The first-order valence-corrected chi connectivity index (χ1v) is 8.39. The van der Waals surface area contributed by atoms with Gasteiger partial charge in [0.05, 0.1) is 20.8 Å². The molecule has 0 aliphatic rings. The van der Waals surface area contributed by atoms with E-state index in [9.17, 15) is 9.18 Å². The van der Waals surface area contributed by atoms with Gasteiger partial charge in [0.15, 0.2) is 5.76 Å². The number of rotatable bonds is 8. The van der Waals surface area contributed by atoms with E-state index in [4.69, 9.17) is 18.7 Å². The average molecular weight is 386 g/mol.